The van der Waals surface area contributed by atoms with Crippen LogP contribution in [0.25, 0.3) is 0 Å². The Balaban J connectivity index is 1.89. The Morgan fingerprint density at radius 1 is 1.22 bits per heavy atom. The molecule has 0 spiro atoms. The van der Waals surface area contributed by atoms with E-state index in [0.29, 0.717) is 6.61 Å². The van der Waals surface area contributed by atoms with E-state index in [9.17, 15) is 0 Å². The summed E-state index contributed by atoms with van der Waals surface area (Å²) in [5.74, 6) is 0. The molecule has 0 aromatic heterocycles. The van der Waals surface area contributed by atoms with E-state index in [4.69, 9.17) is 10.8 Å². The number of aryl methyl sites for hydroxylation is 1. The fourth-order valence-electron chi connectivity index (χ4n) is 2.64. The van der Waals surface area contributed by atoms with E-state index in [1.807, 2.05) is 0 Å². The predicted molar refractivity (Wildman–Crippen MR) is 77.1 cm³/mol. The summed E-state index contributed by atoms with van der Waals surface area (Å²) in [4.78, 5) is 2.45. The van der Waals surface area contributed by atoms with Gasteiger partial charge in [0.25, 0.3) is 0 Å². The van der Waals surface area contributed by atoms with Crippen molar-refractivity contribution in [2.45, 2.75) is 39.0 Å². The molecule has 0 saturated heterocycles. The highest BCUT2D eigenvalue weighted by molar-refractivity contribution is 5.67. The molecule has 2 rings (SSSR count). The second-order valence-electron chi connectivity index (χ2n) is 5.21. The number of nitrogens with two attached hydrogens (primary N) is 1. The van der Waals surface area contributed by atoms with Crippen LogP contribution in [0, 0.1) is 6.92 Å². The Hall–Kier alpha value is -1.22. The second kappa shape index (κ2) is 6.10. The molecule has 100 valence electrons. The number of unbranched alkanes of at least 4 members (excludes halogenated alkanes) is 3. The van der Waals surface area contributed by atoms with E-state index in [-0.39, 0.29) is 0 Å². The molecule has 3 N–H and O–H groups in total. The zero-order valence-electron chi connectivity index (χ0n) is 11.3. The number of nitrogens with zero attached hydrogens (tertiary/aromatic N) is 1. The molecule has 1 aromatic rings. The van der Waals surface area contributed by atoms with Crippen molar-refractivity contribution in [2.75, 3.05) is 30.3 Å². The van der Waals surface area contributed by atoms with Gasteiger partial charge in [0.15, 0.2) is 0 Å². The van der Waals surface area contributed by atoms with Crippen molar-refractivity contribution in [3.8, 4) is 0 Å². The molecule has 0 aliphatic carbocycles. The van der Waals surface area contributed by atoms with Crippen LogP contribution >= 0.6 is 0 Å². The maximum Gasteiger partial charge on any atom is 0.0431 e. The standard InChI is InChI=1S/C15H24N2O/c1-12-10-13-6-8-17(15(13)11-14(12)16)7-4-2-3-5-9-18/h10-11,18H,2-9,16H2,1H3. The molecule has 0 radical (unpaired) electrons. The van der Waals surface area contributed by atoms with Gasteiger partial charge in [0.05, 0.1) is 0 Å². The molecule has 3 nitrogen and oxygen atoms in total. The summed E-state index contributed by atoms with van der Waals surface area (Å²) < 4.78 is 0. The number of rotatable bonds is 6. The van der Waals surface area contributed by atoms with Crippen LogP contribution in [0.2, 0.25) is 0 Å². The lowest BCUT2D eigenvalue weighted by Gasteiger charge is -2.20. The van der Waals surface area contributed by atoms with Crippen LogP contribution in [-0.2, 0) is 6.42 Å². The third-order valence-electron chi connectivity index (χ3n) is 3.80. The molecule has 0 bridgehead atoms. The molecular formula is C15H24N2O. The van der Waals surface area contributed by atoms with Crippen molar-refractivity contribution in [3.05, 3.63) is 23.3 Å². The third-order valence-corrected chi connectivity index (χ3v) is 3.80. The van der Waals surface area contributed by atoms with E-state index in [1.165, 1.54) is 29.7 Å². The van der Waals surface area contributed by atoms with Crippen LogP contribution in [0.15, 0.2) is 12.1 Å². The lowest BCUT2D eigenvalue weighted by molar-refractivity contribution is 0.282. The van der Waals surface area contributed by atoms with Gasteiger partial charge in [-0.05, 0) is 43.4 Å². The smallest absolute Gasteiger partial charge is 0.0431 e. The van der Waals surface area contributed by atoms with E-state index >= 15 is 0 Å². The molecule has 0 atom stereocenters. The zero-order valence-corrected chi connectivity index (χ0v) is 11.3. The molecule has 0 saturated carbocycles. The Labute approximate surface area is 110 Å². The molecule has 18 heavy (non-hydrogen) atoms. The van der Waals surface area contributed by atoms with Gasteiger partial charge in [-0.25, -0.2) is 0 Å². The normalized spacial score (nSPS) is 14.0. The van der Waals surface area contributed by atoms with Gasteiger partial charge in [-0.1, -0.05) is 18.9 Å². The molecule has 1 aromatic carbocycles. The third kappa shape index (κ3) is 2.96. The largest absolute Gasteiger partial charge is 0.398 e. The number of aliphatic hydroxyl groups is 1. The number of nitrogen functional groups attached to an aromatic ring is 1. The summed E-state index contributed by atoms with van der Waals surface area (Å²) in [5, 5.41) is 8.74. The fourth-order valence-corrected chi connectivity index (χ4v) is 2.64. The summed E-state index contributed by atoms with van der Waals surface area (Å²) in [6.45, 7) is 4.63. The average Bonchev–Trinajstić information content (AvgIpc) is 2.72. The minimum atomic E-state index is 0.322. The number of aliphatic hydroxyl groups excluding tert-OH is 1. The topological polar surface area (TPSA) is 49.5 Å². The fraction of sp³-hybridized carbons (Fsp3) is 0.600. The first-order valence-electron chi connectivity index (χ1n) is 6.97. The highest BCUT2D eigenvalue weighted by atomic mass is 16.2. The molecule has 1 aliphatic rings. The summed E-state index contributed by atoms with van der Waals surface area (Å²) in [6.07, 6.45) is 5.62. The van der Waals surface area contributed by atoms with E-state index in [2.05, 4.69) is 24.0 Å². The first-order chi connectivity index (χ1) is 8.72. The minimum absolute atomic E-state index is 0.322. The highest BCUT2D eigenvalue weighted by Crippen LogP contribution is 2.32. The molecule has 0 amide bonds. The summed E-state index contributed by atoms with van der Waals surface area (Å²) in [5.41, 5.74) is 10.9. The Morgan fingerprint density at radius 2 is 2.00 bits per heavy atom. The average molecular weight is 248 g/mol. The van der Waals surface area contributed by atoms with Crippen molar-refractivity contribution in [1.82, 2.24) is 0 Å². The van der Waals surface area contributed by atoms with Crippen LogP contribution in [0.1, 0.15) is 36.8 Å². The number of benzene rings is 1. The Morgan fingerprint density at radius 3 is 2.78 bits per heavy atom. The summed E-state index contributed by atoms with van der Waals surface area (Å²) in [7, 11) is 0. The number of fused-ring (bicyclic) bond motifs is 1. The van der Waals surface area contributed by atoms with Gasteiger partial charge in [0, 0.05) is 31.1 Å². The Bertz CT molecular complexity index is 404. The van der Waals surface area contributed by atoms with Crippen LogP contribution in [-0.4, -0.2) is 24.8 Å². The predicted octanol–water partition coefficient (Wildman–Crippen LogP) is 2.49. The van der Waals surface area contributed by atoms with Gasteiger partial charge in [0.2, 0.25) is 0 Å². The number of hydrogen-bond donors (Lipinski definition) is 2. The number of hydrogen-bond acceptors (Lipinski definition) is 3. The quantitative estimate of drug-likeness (QED) is 0.600. The maximum absolute atomic E-state index is 8.74. The van der Waals surface area contributed by atoms with E-state index < -0.39 is 0 Å². The van der Waals surface area contributed by atoms with Gasteiger partial charge in [0.1, 0.15) is 0 Å². The lowest BCUT2D eigenvalue weighted by atomic mass is 10.1. The van der Waals surface area contributed by atoms with Crippen molar-refractivity contribution in [2.24, 2.45) is 0 Å². The molecule has 0 unspecified atom stereocenters. The Kier molecular flexibility index (Phi) is 4.48. The highest BCUT2D eigenvalue weighted by Gasteiger charge is 2.19. The molecule has 1 aliphatic heterocycles. The minimum Gasteiger partial charge on any atom is -0.398 e. The van der Waals surface area contributed by atoms with Crippen LogP contribution in [0.4, 0.5) is 11.4 Å². The lowest BCUT2D eigenvalue weighted by Crippen LogP contribution is -2.21. The summed E-state index contributed by atoms with van der Waals surface area (Å²) >= 11 is 0. The van der Waals surface area contributed by atoms with Crippen LogP contribution < -0.4 is 10.6 Å². The van der Waals surface area contributed by atoms with Crippen molar-refractivity contribution in [3.63, 3.8) is 0 Å². The summed E-state index contributed by atoms with van der Waals surface area (Å²) in [6, 6.07) is 4.36. The van der Waals surface area contributed by atoms with Gasteiger partial charge in [-0.3, -0.25) is 0 Å². The SMILES string of the molecule is Cc1cc2c(cc1N)N(CCCCCCO)CC2. The van der Waals surface area contributed by atoms with Crippen LogP contribution in [0.3, 0.4) is 0 Å². The van der Waals surface area contributed by atoms with Gasteiger partial charge in [-0.15, -0.1) is 0 Å². The van der Waals surface area contributed by atoms with Crippen molar-refractivity contribution in [1.29, 1.82) is 0 Å². The monoisotopic (exact) mass is 248 g/mol. The van der Waals surface area contributed by atoms with Gasteiger partial charge < -0.3 is 15.7 Å². The van der Waals surface area contributed by atoms with Crippen molar-refractivity contribution >= 4 is 11.4 Å². The second-order valence-corrected chi connectivity index (χ2v) is 5.21. The molecule has 3 heteroatoms. The van der Waals surface area contributed by atoms with Crippen LogP contribution in [0.5, 0.6) is 0 Å². The van der Waals surface area contributed by atoms with E-state index in [0.717, 1.165) is 38.0 Å². The van der Waals surface area contributed by atoms with Gasteiger partial charge >= 0.3 is 0 Å². The first kappa shape index (κ1) is 13.2. The maximum atomic E-state index is 8.74. The molecule has 1 heterocycles. The van der Waals surface area contributed by atoms with Gasteiger partial charge in [-0.2, -0.15) is 0 Å². The van der Waals surface area contributed by atoms with E-state index in [1.54, 1.807) is 0 Å². The molecular weight excluding hydrogens is 224 g/mol. The molecule has 0 fully saturated rings. The van der Waals surface area contributed by atoms with Crippen molar-refractivity contribution < 1.29 is 5.11 Å². The first-order valence-corrected chi connectivity index (χ1v) is 6.97. The zero-order chi connectivity index (χ0) is 13.0. The number of anilines is 2.